The summed E-state index contributed by atoms with van der Waals surface area (Å²) in [6.45, 7) is 2.29. The topological polar surface area (TPSA) is 72.2 Å². The Kier molecular flexibility index (Phi) is 4.80. The lowest BCUT2D eigenvalue weighted by molar-refractivity contribution is 0.600. The Balaban J connectivity index is 2.34. The van der Waals surface area contributed by atoms with Crippen LogP contribution in [0.2, 0.25) is 0 Å². The van der Waals surface area contributed by atoms with Crippen LogP contribution in [-0.2, 0) is 23.0 Å². The molecule has 2 aromatic rings. The van der Waals surface area contributed by atoms with Gasteiger partial charge in [-0.1, -0.05) is 31.5 Å². The van der Waals surface area contributed by atoms with Gasteiger partial charge in [-0.05, 0) is 29.5 Å². The fourth-order valence-corrected chi connectivity index (χ4v) is 4.46. The van der Waals surface area contributed by atoms with Crippen molar-refractivity contribution in [2.24, 2.45) is 5.73 Å². The van der Waals surface area contributed by atoms with Crippen molar-refractivity contribution in [3.8, 4) is 0 Å². The van der Waals surface area contributed by atoms with Crippen molar-refractivity contribution in [2.45, 2.75) is 31.2 Å². The summed E-state index contributed by atoms with van der Waals surface area (Å²) in [5, 5.41) is 1.74. The van der Waals surface area contributed by atoms with E-state index in [9.17, 15) is 8.42 Å². The molecule has 2 rings (SSSR count). The van der Waals surface area contributed by atoms with E-state index in [1.807, 2.05) is 18.2 Å². The normalized spacial score (nSPS) is 11.5. The van der Waals surface area contributed by atoms with E-state index in [4.69, 9.17) is 5.73 Å². The van der Waals surface area contributed by atoms with E-state index >= 15 is 0 Å². The van der Waals surface area contributed by atoms with Gasteiger partial charge in [-0.15, -0.1) is 11.3 Å². The molecule has 0 aliphatic heterocycles. The van der Waals surface area contributed by atoms with Gasteiger partial charge in [-0.2, -0.15) is 0 Å². The smallest absolute Gasteiger partial charge is 0.263 e. The van der Waals surface area contributed by atoms with E-state index in [0.717, 1.165) is 18.4 Å². The molecule has 4 nitrogen and oxygen atoms in total. The van der Waals surface area contributed by atoms with Gasteiger partial charge in [0.15, 0.2) is 0 Å². The number of aryl methyl sites for hydroxylation is 1. The number of benzene rings is 1. The van der Waals surface area contributed by atoms with Crippen LogP contribution in [-0.4, -0.2) is 8.42 Å². The Morgan fingerprint density at radius 3 is 2.70 bits per heavy atom. The lowest BCUT2D eigenvalue weighted by Gasteiger charge is -2.12. The number of rotatable bonds is 6. The number of para-hydroxylation sites is 1. The van der Waals surface area contributed by atoms with Crippen molar-refractivity contribution in [3.05, 3.63) is 46.2 Å². The molecule has 6 heteroatoms. The number of hydrogen-bond acceptors (Lipinski definition) is 4. The fraction of sp³-hybridized carbons (Fsp3) is 0.286. The zero-order chi connectivity index (χ0) is 14.6. The van der Waals surface area contributed by atoms with Crippen molar-refractivity contribution in [1.29, 1.82) is 0 Å². The highest BCUT2D eigenvalue weighted by Gasteiger charge is 2.20. The average Bonchev–Trinajstić information content (AvgIpc) is 2.90. The molecule has 1 heterocycles. The molecule has 0 unspecified atom stereocenters. The van der Waals surface area contributed by atoms with Gasteiger partial charge in [-0.3, -0.25) is 4.72 Å². The Bertz CT molecular complexity index is 678. The Morgan fingerprint density at radius 1 is 1.25 bits per heavy atom. The second-order valence-electron chi connectivity index (χ2n) is 4.42. The molecule has 1 aromatic heterocycles. The fourth-order valence-electron chi connectivity index (χ4n) is 2.02. The first-order valence-electron chi connectivity index (χ1n) is 6.45. The number of sulfonamides is 1. The summed E-state index contributed by atoms with van der Waals surface area (Å²) >= 11 is 1.36. The van der Waals surface area contributed by atoms with Crippen molar-refractivity contribution < 1.29 is 8.42 Å². The zero-order valence-electron chi connectivity index (χ0n) is 11.3. The van der Waals surface area contributed by atoms with Crippen molar-refractivity contribution in [1.82, 2.24) is 0 Å². The molecule has 108 valence electrons. The van der Waals surface area contributed by atoms with Gasteiger partial charge in [0.2, 0.25) is 0 Å². The van der Waals surface area contributed by atoms with Crippen LogP contribution in [0, 0.1) is 0 Å². The van der Waals surface area contributed by atoms with E-state index in [1.54, 1.807) is 17.5 Å². The maximum absolute atomic E-state index is 12.4. The molecule has 0 fully saturated rings. The lowest BCUT2D eigenvalue weighted by atomic mass is 10.1. The second kappa shape index (κ2) is 6.39. The Morgan fingerprint density at radius 2 is 2.00 bits per heavy atom. The van der Waals surface area contributed by atoms with Crippen LogP contribution in [0.15, 0.2) is 40.6 Å². The van der Waals surface area contributed by atoms with Crippen LogP contribution in [0.4, 0.5) is 5.69 Å². The number of nitrogens with two attached hydrogens (primary N) is 1. The monoisotopic (exact) mass is 310 g/mol. The molecule has 0 spiro atoms. The molecular weight excluding hydrogens is 292 g/mol. The van der Waals surface area contributed by atoms with E-state index in [-0.39, 0.29) is 11.4 Å². The number of nitrogens with one attached hydrogen (secondary N) is 1. The minimum atomic E-state index is -3.57. The molecule has 0 saturated carbocycles. The van der Waals surface area contributed by atoms with Gasteiger partial charge >= 0.3 is 0 Å². The van der Waals surface area contributed by atoms with Crippen LogP contribution in [0.1, 0.15) is 23.8 Å². The summed E-state index contributed by atoms with van der Waals surface area (Å²) in [4.78, 5) is 0.946. The first kappa shape index (κ1) is 15.0. The molecular formula is C14H18N2O2S2. The summed E-state index contributed by atoms with van der Waals surface area (Å²) in [5.74, 6) is 0. The summed E-state index contributed by atoms with van der Waals surface area (Å²) < 4.78 is 27.5. The number of anilines is 1. The third kappa shape index (κ3) is 3.20. The molecule has 0 atom stereocenters. The molecule has 20 heavy (non-hydrogen) atoms. The van der Waals surface area contributed by atoms with E-state index in [2.05, 4.69) is 11.6 Å². The summed E-state index contributed by atoms with van der Waals surface area (Å²) in [6, 6.07) is 9.07. The van der Waals surface area contributed by atoms with Gasteiger partial charge in [0.05, 0.1) is 5.69 Å². The van der Waals surface area contributed by atoms with Crippen LogP contribution >= 0.6 is 11.3 Å². The second-order valence-corrected chi connectivity index (χ2v) is 7.08. The van der Waals surface area contributed by atoms with Crippen molar-refractivity contribution in [3.63, 3.8) is 0 Å². The molecule has 0 saturated heterocycles. The quantitative estimate of drug-likeness (QED) is 0.861. The molecule has 0 radical (unpaired) electrons. The summed E-state index contributed by atoms with van der Waals surface area (Å²) in [6.07, 6.45) is 1.80. The maximum Gasteiger partial charge on any atom is 0.263 e. The zero-order valence-corrected chi connectivity index (χ0v) is 12.9. The minimum absolute atomic E-state index is 0.227. The third-order valence-electron chi connectivity index (χ3n) is 2.96. The maximum atomic E-state index is 12.4. The molecule has 3 N–H and O–H groups in total. The molecule has 0 bridgehead atoms. The molecule has 0 amide bonds. The predicted octanol–water partition coefficient (Wildman–Crippen LogP) is 2.96. The molecule has 0 aliphatic carbocycles. The van der Waals surface area contributed by atoms with Gasteiger partial charge in [0.1, 0.15) is 4.90 Å². The van der Waals surface area contributed by atoms with Crippen LogP contribution in [0.3, 0.4) is 0 Å². The highest BCUT2D eigenvalue weighted by atomic mass is 32.2. The lowest BCUT2D eigenvalue weighted by Crippen LogP contribution is -2.15. The van der Waals surface area contributed by atoms with Crippen LogP contribution < -0.4 is 10.5 Å². The van der Waals surface area contributed by atoms with Crippen molar-refractivity contribution >= 4 is 27.0 Å². The van der Waals surface area contributed by atoms with Gasteiger partial charge in [-0.25, -0.2) is 8.42 Å². The van der Waals surface area contributed by atoms with Crippen molar-refractivity contribution in [2.75, 3.05) is 4.72 Å². The Labute approximate surface area is 123 Å². The predicted molar refractivity (Wildman–Crippen MR) is 83.5 cm³/mol. The molecule has 1 aromatic carbocycles. The first-order valence-corrected chi connectivity index (χ1v) is 8.82. The number of thiophene rings is 1. The van der Waals surface area contributed by atoms with Gasteiger partial charge in [0, 0.05) is 11.4 Å². The van der Waals surface area contributed by atoms with Crippen LogP contribution in [0.25, 0.3) is 0 Å². The highest BCUT2D eigenvalue weighted by molar-refractivity contribution is 7.93. The summed E-state index contributed by atoms with van der Waals surface area (Å²) in [7, 11) is -3.57. The van der Waals surface area contributed by atoms with Gasteiger partial charge < -0.3 is 5.73 Å². The van der Waals surface area contributed by atoms with E-state index < -0.39 is 10.0 Å². The molecule has 0 aliphatic rings. The van der Waals surface area contributed by atoms with Crippen LogP contribution in [0.5, 0.6) is 0 Å². The highest BCUT2D eigenvalue weighted by Crippen LogP contribution is 2.25. The minimum Gasteiger partial charge on any atom is -0.326 e. The van der Waals surface area contributed by atoms with Gasteiger partial charge in [0.25, 0.3) is 10.0 Å². The Hall–Kier alpha value is -1.37. The average molecular weight is 310 g/mol. The SMILES string of the molecule is CCCc1ccccc1NS(=O)(=O)c1ccsc1CN. The van der Waals surface area contributed by atoms with E-state index in [0.29, 0.717) is 10.6 Å². The largest absolute Gasteiger partial charge is 0.326 e. The summed E-state index contributed by atoms with van der Waals surface area (Å²) in [5.41, 5.74) is 7.23. The standard InChI is InChI=1S/C14H18N2O2S2/c1-2-5-11-6-3-4-7-12(11)16-20(17,18)14-8-9-19-13(14)10-15/h3-4,6-9,16H,2,5,10,15H2,1H3. The van der Waals surface area contributed by atoms with E-state index in [1.165, 1.54) is 11.3 Å². The first-order chi connectivity index (χ1) is 9.58. The third-order valence-corrected chi connectivity index (χ3v) is 5.48. The number of hydrogen-bond donors (Lipinski definition) is 2.